The monoisotopic (exact) mass is 389 g/mol. The third-order valence-corrected chi connectivity index (χ3v) is 4.27. The smallest absolute Gasteiger partial charge is 0.326 e. The Bertz CT molecular complexity index is 730. The van der Waals surface area contributed by atoms with Crippen molar-refractivity contribution in [2.45, 2.75) is 39.7 Å². The van der Waals surface area contributed by atoms with E-state index in [0.29, 0.717) is 31.0 Å². The molecular formula is C20H27N3O5. The summed E-state index contributed by atoms with van der Waals surface area (Å²) in [5.74, 6) is -1.14. The van der Waals surface area contributed by atoms with E-state index < -0.39 is 18.0 Å². The zero-order valence-electron chi connectivity index (χ0n) is 16.5. The lowest BCUT2D eigenvalue weighted by atomic mass is 10.2. The summed E-state index contributed by atoms with van der Waals surface area (Å²) in [6.45, 7) is 6.24. The van der Waals surface area contributed by atoms with Crippen LogP contribution in [0.2, 0.25) is 0 Å². The highest BCUT2D eigenvalue weighted by Gasteiger charge is 2.22. The van der Waals surface area contributed by atoms with E-state index in [-0.39, 0.29) is 18.4 Å². The molecule has 0 radical (unpaired) electrons. The molecule has 0 aliphatic carbocycles. The predicted molar refractivity (Wildman–Crippen MR) is 104 cm³/mol. The van der Waals surface area contributed by atoms with Gasteiger partial charge in [0.15, 0.2) is 6.10 Å². The highest BCUT2D eigenvalue weighted by molar-refractivity contribution is 5.98. The fourth-order valence-corrected chi connectivity index (χ4v) is 2.71. The van der Waals surface area contributed by atoms with Crippen molar-refractivity contribution < 1.29 is 23.9 Å². The number of carbonyl (C=O) groups excluding carboxylic acids is 4. The topological polar surface area (TPSA) is 105 Å². The third kappa shape index (κ3) is 6.07. The van der Waals surface area contributed by atoms with Crippen LogP contribution in [0, 0.1) is 5.92 Å². The molecular weight excluding hydrogens is 362 g/mol. The summed E-state index contributed by atoms with van der Waals surface area (Å²) in [6.07, 6.45) is 0.440. The van der Waals surface area contributed by atoms with Crippen molar-refractivity contribution in [3.8, 4) is 0 Å². The minimum Gasteiger partial charge on any atom is -0.451 e. The molecule has 1 aliphatic heterocycles. The van der Waals surface area contributed by atoms with Gasteiger partial charge in [-0.1, -0.05) is 13.8 Å². The summed E-state index contributed by atoms with van der Waals surface area (Å²) in [6, 6.07) is 6.61. The van der Waals surface area contributed by atoms with Crippen LogP contribution in [0.15, 0.2) is 24.3 Å². The Balaban J connectivity index is 1.79. The number of amides is 3. The van der Waals surface area contributed by atoms with Gasteiger partial charge in [-0.3, -0.25) is 19.2 Å². The molecule has 0 spiro atoms. The van der Waals surface area contributed by atoms with Gasteiger partial charge in [0, 0.05) is 30.8 Å². The molecule has 152 valence electrons. The average Bonchev–Trinajstić information content (AvgIpc) is 3.10. The van der Waals surface area contributed by atoms with Crippen molar-refractivity contribution in [3.05, 3.63) is 29.8 Å². The second kappa shape index (κ2) is 9.87. The predicted octanol–water partition coefficient (Wildman–Crippen LogP) is 1.25. The second-order valence-corrected chi connectivity index (χ2v) is 7.15. The van der Waals surface area contributed by atoms with E-state index >= 15 is 0 Å². The van der Waals surface area contributed by atoms with Gasteiger partial charge in [-0.2, -0.15) is 0 Å². The van der Waals surface area contributed by atoms with Crippen molar-refractivity contribution in [3.63, 3.8) is 0 Å². The maximum atomic E-state index is 12.2. The van der Waals surface area contributed by atoms with Crippen LogP contribution in [0.5, 0.6) is 0 Å². The highest BCUT2D eigenvalue weighted by Crippen LogP contribution is 2.21. The zero-order valence-corrected chi connectivity index (χ0v) is 16.5. The molecule has 8 heteroatoms. The molecule has 0 unspecified atom stereocenters. The van der Waals surface area contributed by atoms with E-state index in [2.05, 4.69) is 10.6 Å². The molecule has 1 saturated heterocycles. The van der Waals surface area contributed by atoms with Crippen LogP contribution in [0.1, 0.15) is 44.0 Å². The largest absolute Gasteiger partial charge is 0.451 e. The van der Waals surface area contributed by atoms with Crippen LogP contribution in [-0.2, 0) is 19.1 Å². The molecule has 1 aliphatic rings. The minimum absolute atomic E-state index is 0.0755. The number of nitrogens with zero attached hydrogens (tertiary/aromatic N) is 1. The lowest BCUT2D eigenvalue weighted by Crippen LogP contribution is -2.39. The fourth-order valence-electron chi connectivity index (χ4n) is 2.71. The first-order chi connectivity index (χ1) is 13.3. The van der Waals surface area contributed by atoms with Crippen LogP contribution < -0.4 is 15.5 Å². The normalized spacial score (nSPS) is 14.7. The quantitative estimate of drug-likeness (QED) is 0.651. The van der Waals surface area contributed by atoms with Gasteiger partial charge in [0.1, 0.15) is 6.54 Å². The molecule has 3 amide bonds. The van der Waals surface area contributed by atoms with E-state index in [1.165, 1.54) is 6.92 Å². The Hall–Kier alpha value is -2.90. The first kappa shape index (κ1) is 21.4. The Morgan fingerprint density at radius 1 is 1.11 bits per heavy atom. The fraction of sp³-hybridized carbons (Fsp3) is 0.500. The van der Waals surface area contributed by atoms with Crippen molar-refractivity contribution in [1.82, 2.24) is 10.6 Å². The number of hydrogen-bond acceptors (Lipinski definition) is 5. The maximum absolute atomic E-state index is 12.2. The number of nitrogens with one attached hydrogen (secondary N) is 2. The van der Waals surface area contributed by atoms with Gasteiger partial charge in [-0.05, 0) is 43.5 Å². The van der Waals surface area contributed by atoms with Gasteiger partial charge in [-0.15, -0.1) is 0 Å². The van der Waals surface area contributed by atoms with Gasteiger partial charge >= 0.3 is 5.97 Å². The molecule has 2 N–H and O–H groups in total. The number of anilines is 1. The molecule has 1 aromatic carbocycles. The summed E-state index contributed by atoms with van der Waals surface area (Å²) < 4.78 is 5.02. The standard InChI is InChI=1S/C20H27N3O5/c1-13(2)11-21-19(26)14(3)28-18(25)12-22-20(27)15-6-8-16(9-7-15)23-10-4-5-17(23)24/h6-9,13-14H,4-5,10-12H2,1-3H3,(H,21,26)(H,22,27)/t14-/m1/s1. The summed E-state index contributed by atoms with van der Waals surface area (Å²) in [5.41, 5.74) is 1.12. The van der Waals surface area contributed by atoms with Crippen LogP contribution in [0.4, 0.5) is 5.69 Å². The van der Waals surface area contributed by atoms with Crippen molar-refractivity contribution >= 4 is 29.4 Å². The molecule has 8 nitrogen and oxygen atoms in total. The molecule has 1 aromatic rings. The molecule has 0 bridgehead atoms. The van der Waals surface area contributed by atoms with Gasteiger partial charge in [0.2, 0.25) is 5.91 Å². The lowest BCUT2D eigenvalue weighted by molar-refractivity contribution is -0.153. The Morgan fingerprint density at radius 2 is 1.79 bits per heavy atom. The first-order valence-electron chi connectivity index (χ1n) is 9.43. The molecule has 1 heterocycles. The van der Waals surface area contributed by atoms with Gasteiger partial charge in [0.25, 0.3) is 11.8 Å². The second-order valence-electron chi connectivity index (χ2n) is 7.15. The molecule has 28 heavy (non-hydrogen) atoms. The van der Waals surface area contributed by atoms with Crippen molar-refractivity contribution in [2.75, 3.05) is 24.5 Å². The van der Waals surface area contributed by atoms with Gasteiger partial charge in [-0.25, -0.2) is 0 Å². The molecule has 1 atom stereocenters. The van der Waals surface area contributed by atoms with Crippen LogP contribution in [-0.4, -0.2) is 49.4 Å². The van der Waals surface area contributed by atoms with Crippen molar-refractivity contribution in [2.24, 2.45) is 5.92 Å². The van der Waals surface area contributed by atoms with Crippen LogP contribution in [0.25, 0.3) is 0 Å². The Kier molecular flexibility index (Phi) is 7.54. The number of hydrogen-bond donors (Lipinski definition) is 2. The SMILES string of the molecule is CC(C)CNC(=O)[C@@H](C)OC(=O)CNC(=O)c1ccc(N2CCCC2=O)cc1. The Morgan fingerprint density at radius 3 is 2.36 bits per heavy atom. The van der Waals surface area contributed by atoms with Crippen molar-refractivity contribution in [1.29, 1.82) is 0 Å². The number of rotatable bonds is 8. The van der Waals surface area contributed by atoms with Gasteiger partial charge in [0.05, 0.1) is 0 Å². The lowest BCUT2D eigenvalue weighted by Gasteiger charge is -2.16. The van der Waals surface area contributed by atoms with Crippen LogP contribution in [0.3, 0.4) is 0 Å². The van der Waals surface area contributed by atoms with Gasteiger partial charge < -0.3 is 20.3 Å². The summed E-state index contributed by atoms with van der Waals surface area (Å²) in [4.78, 5) is 49.2. The summed E-state index contributed by atoms with van der Waals surface area (Å²) in [5, 5.41) is 5.14. The molecule has 0 aromatic heterocycles. The summed E-state index contributed by atoms with van der Waals surface area (Å²) in [7, 11) is 0. The van der Waals surface area contributed by atoms with E-state index in [1.807, 2.05) is 13.8 Å². The maximum Gasteiger partial charge on any atom is 0.326 e. The third-order valence-electron chi connectivity index (χ3n) is 4.27. The molecule has 2 rings (SSSR count). The zero-order chi connectivity index (χ0) is 20.7. The van der Waals surface area contributed by atoms with E-state index in [9.17, 15) is 19.2 Å². The van der Waals surface area contributed by atoms with E-state index in [0.717, 1.165) is 12.1 Å². The minimum atomic E-state index is -0.930. The van der Waals surface area contributed by atoms with E-state index in [1.54, 1.807) is 29.2 Å². The highest BCUT2D eigenvalue weighted by atomic mass is 16.5. The number of benzene rings is 1. The average molecular weight is 389 g/mol. The van der Waals surface area contributed by atoms with E-state index in [4.69, 9.17) is 4.74 Å². The number of esters is 1. The number of ether oxygens (including phenoxy) is 1. The van der Waals surface area contributed by atoms with Crippen LogP contribution >= 0.6 is 0 Å². The molecule has 1 fully saturated rings. The Labute approximate surface area is 164 Å². The number of carbonyl (C=O) groups is 4. The molecule has 0 saturated carbocycles. The summed E-state index contributed by atoms with van der Waals surface area (Å²) >= 11 is 0. The first-order valence-corrected chi connectivity index (χ1v) is 9.43.